The van der Waals surface area contributed by atoms with E-state index in [1.807, 2.05) is 37.3 Å². The van der Waals surface area contributed by atoms with Crippen molar-refractivity contribution in [2.75, 3.05) is 24.3 Å². The number of aromatic nitrogens is 2. The van der Waals surface area contributed by atoms with E-state index in [9.17, 15) is 0 Å². The van der Waals surface area contributed by atoms with Crippen LogP contribution in [0.2, 0.25) is 0 Å². The molecule has 1 heterocycles. The monoisotopic (exact) mass is 362 g/mol. The minimum absolute atomic E-state index is 0.623. The first-order chi connectivity index (χ1) is 13.1. The molecule has 3 aromatic rings. The Hall–Kier alpha value is -3.08. The molecule has 2 aromatic carbocycles. The lowest BCUT2D eigenvalue weighted by molar-refractivity contribution is 0.410. The Kier molecular flexibility index (Phi) is 5.91. The SMILES string of the molecule is COc1ccccc1CCNc1nc(C)cc(Nc2cccc(C)c2C)n1. The second-order valence-corrected chi connectivity index (χ2v) is 6.58. The van der Waals surface area contributed by atoms with Crippen molar-refractivity contribution in [3.8, 4) is 5.75 Å². The number of benzene rings is 2. The molecule has 5 heteroatoms. The third kappa shape index (κ3) is 4.76. The van der Waals surface area contributed by atoms with Crippen molar-refractivity contribution < 1.29 is 4.74 Å². The summed E-state index contributed by atoms with van der Waals surface area (Å²) >= 11 is 0. The van der Waals surface area contributed by atoms with Crippen molar-refractivity contribution in [3.05, 3.63) is 70.9 Å². The molecule has 1 aromatic heterocycles. The number of rotatable bonds is 7. The topological polar surface area (TPSA) is 59.1 Å². The van der Waals surface area contributed by atoms with Crippen LogP contribution in [-0.4, -0.2) is 23.6 Å². The summed E-state index contributed by atoms with van der Waals surface area (Å²) < 4.78 is 5.40. The normalized spacial score (nSPS) is 10.5. The zero-order valence-corrected chi connectivity index (χ0v) is 16.3. The van der Waals surface area contributed by atoms with Crippen LogP contribution in [0.4, 0.5) is 17.5 Å². The molecule has 0 aliphatic heterocycles. The number of para-hydroxylation sites is 1. The Bertz CT molecular complexity index is 924. The van der Waals surface area contributed by atoms with Crippen molar-refractivity contribution in [2.45, 2.75) is 27.2 Å². The third-order valence-electron chi connectivity index (χ3n) is 4.59. The van der Waals surface area contributed by atoms with Gasteiger partial charge in [-0.2, -0.15) is 4.98 Å². The molecule has 0 atom stereocenters. The summed E-state index contributed by atoms with van der Waals surface area (Å²) in [5.74, 6) is 2.32. The van der Waals surface area contributed by atoms with Crippen molar-refractivity contribution in [3.63, 3.8) is 0 Å². The van der Waals surface area contributed by atoms with Crippen LogP contribution in [0.1, 0.15) is 22.4 Å². The average Bonchev–Trinajstić information content (AvgIpc) is 2.65. The van der Waals surface area contributed by atoms with Crippen LogP contribution in [0.5, 0.6) is 5.75 Å². The number of methoxy groups -OCH3 is 1. The Morgan fingerprint density at radius 2 is 1.78 bits per heavy atom. The van der Waals surface area contributed by atoms with E-state index in [1.54, 1.807) is 7.11 Å². The molecular formula is C22H26N4O. The smallest absolute Gasteiger partial charge is 0.224 e. The molecule has 0 amide bonds. The van der Waals surface area contributed by atoms with E-state index in [1.165, 1.54) is 11.1 Å². The molecule has 0 spiro atoms. The zero-order chi connectivity index (χ0) is 19.2. The van der Waals surface area contributed by atoms with E-state index in [4.69, 9.17) is 4.74 Å². The highest BCUT2D eigenvalue weighted by molar-refractivity contribution is 5.62. The molecule has 0 radical (unpaired) electrons. The van der Waals surface area contributed by atoms with Gasteiger partial charge >= 0.3 is 0 Å². The summed E-state index contributed by atoms with van der Waals surface area (Å²) in [6, 6.07) is 16.2. The molecular weight excluding hydrogens is 336 g/mol. The lowest BCUT2D eigenvalue weighted by Gasteiger charge is -2.13. The van der Waals surface area contributed by atoms with Gasteiger partial charge in [-0.25, -0.2) is 4.98 Å². The zero-order valence-electron chi connectivity index (χ0n) is 16.3. The van der Waals surface area contributed by atoms with Crippen LogP contribution < -0.4 is 15.4 Å². The van der Waals surface area contributed by atoms with Gasteiger partial charge in [-0.1, -0.05) is 30.3 Å². The number of aryl methyl sites for hydroxylation is 2. The number of nitrogens with one attached hydrogen (secondary N) is 2. The van der Waals surface area contributed by atoms with Crippen LogP contribution in [-0.2, 0) is 6.42 Å². The van der Waals surface area contributed by atoms with Gasteiger partial charge in [0, 0.05) is 24.0 Å². The van der Waals surface area contributed by atoms with E-state index in [0.29, 0.717) is 5.95 Å². The number of hydrogen-bond acceptors (Lipinski definition) is 5. The maximum Gasteiger partial charge on any atom is 0.224 e. The molecule has 0 bridgehead atoms. The summed E-state index contributed by atoms with van der Waals surface area (Å²) in [4.78, 5) is 9.10. The van der Waals surface area contributed by atoms with E-state index < -0.39 is 0 Å². The minimum atomic E-state index is 0.623. The van der Waals surface area contributed by atoms with Crippen LogP contribution in [0, 0.1) is 20.8 Å². The van der Waals surface area contributed by atoms with Gasteiger partial charge < -0.3 is 15.4 Å². The van der Waals surface area contributed by atoms with E-state index in [0.717, 1.165) is 41.5 Å². The van der Waals surface area contributed by atoms with Crippen molar-refractivity contribution in [2.24, 2.45) is 0 Å². The molecule has 0 aliphatic carbocycles. The van der Waals surface area contributed by atoms with Crippen molar-refractivity contribution in [1.82, 2.24) is 9.97 Å². The fraction of sp³-hybridized carbons (Fsp3) is 0.273. The van der Waals surface area contributed by atoms with Gasteiger partial charge in [-0.3, -0.25) is 0 Å². The summed E-state index contributed by atoms with van der Waals surface area (Å²) in [6.45, 7) is 6.92. The number of ether oxygens (including phenoxy) is 1. The first kappa shape index (κ1) is 18.7. The van der Waals surface area contributed by atoms with Crippen LogP contribution >= 0.6 is 0 Å². The van der Waals surface area contributed by atoms with Gasteiger partial charge in [0.15, 0.2) is 0 Å². The fourth-order valence-electron chi connectivity index (χ4n) is 2.95. The lowest BCUT2D eigenvalue weighted by Crippen LogP contribution is -2.10. The Morgan fingerprint density at radius 3 is 2.59 bits per heavy atom. The standard InChI is InChI=1S/C22H26N4O/c1-15-8-7-10-19(17(15)3)25-21-14-16(2)24-22(26-21)23-13-12-18-9-5-6-11-20(18)27-4/h5-11,14H,12-13H2,1-4H3,(H2,23,24,25,26). The predicted molar refractivity (Wildman–Crippen MR) is 111 cm³/mol. The highest BCUT2D eigenvalue weighted by Gasteiger charge is 2.06. The molecule has 0 aliphatic rings. The van der Waals surface area contributed by atoms with Gasteiger partial charge in [-0.05, 0) is 56.0 Å². The van der Waals surface area contributed by atoms with Crippen molar-refractivity contribution in [1.29, 1.82) is 0 Å². The van der Waals surface area contributed by atoms with Gasteiger partial charge in [-0.15, -0.1) is 0 Å². The Balaban J connectivity index is 1.69. The van der Waals surface area contributed by atoms with Gasteiger partial charge in [0.2, 0.25) is 5.95 Å². The summed E-state index contributed by atoms with van der Waals surface area (Å²) in [5.41, 5.74) is 5.61. The molecule has 0 fully saturated rings. The summed E-state index contributed by atoms with van der Waals surface area (Å²) in [5, 5.41) is 6.73. The highest BCUT2D eigenvalue weighted by Crippen LogP contribution is 2.23. The first-order valence-electron chi connectivity index (χ1n) is 9.11. The fourth-order valence-corrected chi connectivity index (χ4v) is 2.95. The molecule has 5 nitrogen and oxygen atoms in total. The first-order valence-corrected chi connectivity index (χ1v) is 9.11. The Labute approximate surface area is 160 Å². The van der Waals surface area contributed by atoms with Crippen LogP contribution in [0.3, 0.4) is 0 Å². The maximum atomic E-state index is 5.40. The van der Waals surface area contributed by atoms with Crippen molar-refractivity contribution >= 4 is 17.5 Å². The lowest BCUT2D eigenvalue weighted by atomic mass is 10.1. The van der Waals surface area contributed by atoms with Gasteiger partial charge in [0.25, 0.3) is 0 Å². The molecule has 2 N–H and O–H groups in total. The molecule has 0 unspecified atom stereocenters. The van der Waals surface area contributed by atoms with Gasteiger partial charge in [0.05, 0.1) is 7.11 Å². The number of anilines is 3. The van der Waals surface area contributed by atoms with E-state index in [2.05, 4.69) is 52.6 Å². The Morgan fingerprint density at radius 1 is 0.963 bits per heavy atom. The largest absolute Gasteiger partial charge is 0.496 e. The number of hydrogen-bond donors (Lipinski definition) is 2. The molecule has 0 saturated heterocycles. The van der Waals surface area contributed by atoms with Crippen LogP contribution in [0.15, 0.2) is 48.5 Å². The second kappa shape index (κ2) is 8.54. The molecule has 140 valence electrons. The third-order valence-corrected chi connectivity index (χ3v) is 4.59. The summed E-state index contributed by atoms with van der Waals surface area (Å²) in [7, 11) is 1.70. The average molecular weight is 362 g/mol. The van der Waals surface area contributed by atoms with E-state index in [-0.39, 0.29) is 0 Å². The highest BCUT2D eigenvalue weighted by atomic mass is 16.5. The van der Waals surface area contributed by atoms with Gasteiger partial charge in [0.1, 0.15) is 11.6 Å². The van der Waals surface area contributed by atoms with E-state index >= 15 is 0 Å². The van der Waals surface area contributed by atoms with Crippen LogP contribution in [0.25, 0.3) is 0 Å². The maximum absolute atomic E-state index is 5.40. The summed E-state index contributed by atoms with van der Waals surface area (Å²) in [6.07, 6.45) is 0.834. The predicted octanol–water partition coefficient (Wildman–Crippen LogP) is 4.81. The molecule has 3 rings (SSSR count). The quantitative estimate of drug-likeness (QED) is 0.632. The number of nitrogens with zero attached hydrogens (tertiary/aromatic N) is 2. The second-order valence-electron chi connectivity index (χ2n) is 6.58. The molecule has 0 saturated carbocycles. The molecule has 27 heavy (non-hydrogen) atoms. The minimum Gasteiger partial charge on any atom is -0.496 e.